The zero-order valence-electron chi connectivity index (χ0n) is 30.2. The van der Waals surface area contributed by atoms with Crippen LogP contribution in [0.4, 0.5) is 0 Å². The van der Waals surface area contributed by atoms with Gasteiger partial charge in [0.05, 0.1) is 62.6 Å². The summed E-state index contributed by atoms with van der Waals surface area (Å²) in [7, 11) is 5.46. The van der Waals surface area contributed by atoms with Crippen molar-refractivity contribution >= 4 is 21.6 Å². The Hall–Kier alpha value is -1.34. The third kappa shape index (κ3) is 66.1. The maximum atomic E-state index is 5.52. The second-order valence-corrected chi connectivity index (χ2v) is 13.8. The van der Waals surface area contributed by atoms with Crippen LogP contribution in [0.3, 0.4) is 0 Å². The van der Waals surface area contributed by atoms with Crippen molar-refractivity contribution in [1.29, 1.82) is 0 Å². The van der Waals surface area contributed by atoms with Gasteiger partial charge >= 0.3 is 0 Å². The van der Waals surface area contributed by atoms with Gasteiger partial charge in [-0.2, -0.15) is 0 Å². The van der Waals surface area contributed by atoms with Crippen molar-refractivity contribution in [3.05, 3.63) is 0 Å². The average molecular weight is 672 g/mol. The molecule has 0 aliphatic heterocycles. The van der Waals surface area contributed by atoms with Crippen LogP contribution in [0.5, 0.6) is 0 Å². The standard InChI is InChI=1S/C10H18O2.C9H17NO.C9H16OS2.C8H14O2/c1-4-7-11-8-5-6-9-12-10(2)3;1-5-6-10(4)7-8-11-9(2)3;1-5-7-11-12-8-6-10-9(2,3)4;1-4-5-9-6-7-10-8(2)3/h1,10H,5-9H2,2-3H3;1,9H,6-8H2,2-4H3;1H,6-8H2,2-4H3;1,8H,5-7H2,2-3H3. The lowest BCUT2D eigenvalue weighted by molar-refractivity contribution is 0.00702. The summed E-state index contributed by atoms with van der Waals surface area (Å²) >= 11 is 0. The minimum absolute atomic E-state index is 0.0165. The lowest BCUT2D eigenvalue weighted by atomic mass is 10.2. The predicted octanol–water partition coefficient (Wildman–Crippen LogP) is 6.70. The highest BCUT2D eigenvalue weighted by Gasteiger charge is 2.08. The Morgan fingerprint density at radius 1 is 0.622 bits per heavy atom. The van der Waals surface area contributed by atoms with Gasteiger partial charge in [-0.15, -0.1) is 25.7 Å². The average Bonchev–Trinajstić information content (AvgIpc) is 2.94. The summed E-state index contributed by atoms with van der Waals surface area (Å²) in [6.45, 7) is 25.0. The Morgan fingerprint density at radius 3 is 1.62 bits per heavy atom. The molecule has 0 unspecified atom stereocenters. The van der Waals surface area contributed by atoms with Crippen molar-refractivity contribution in [2.24, 2.45) is 0 Å². The fourth-order valence-electron chi connectivity index (χ4n) is 2.43. The number of nitrogens with zero attached hydrogens (tertiary/aromatic N) is 1. The van der Waals surface area contributed by atoms with E-state index in [1.807, 2.05) is 48.6 Å². The Labute approximate surface area is 287 Å². The number of unbranched alkanes of at least 4 members (excludes halogenated alkanes) is 1. The fourth-order valence-corrected chi connectivity index (χ4v) is 3.86. The van der Waals surface area contributed by atoms with Crippen molar-refractivity contribution < 1.29 is 28.4 Å². The van der Waals surface area contributed by atoms with Crippen LogP contribution >= 0.6 is 21.6 Å². The predicted molar refractivity (Wildman–Crippen MR) is 198 cm³/mol. The van der Waals surface area contributed by atoms with E-state index >= 15 is 0 Å². The van der Waals surface area contributed by atoms with Crippen LogP contribution in [0.15, 0.2) is 0 Å². The Kier molecular flexibility index (Phi) is 45.7. The van der Waals surface area contributed by atoms with Crippen LogP contribution in [0.2, 0.25) is 0 Å². The lowest BCUT2D eigenvalue weighted by Gasteiger charge is -2.18. The molecule has 0 saturated heterocycles. The van der Waals surface area contributed by atoms with E-state index in [9.17, 15) is 0 Å². The number of ether oxygens (including phenoxy) is 6. The molecule has 0 aromatic heterocycles. The van der Waals surface area contributed by atoms with Crippen molar-refractivity contribution in [2.75, 3.05) is 84.5 Å². The molecule has 0 bridgehead atoms. The van der Waals surface area contributed by atoms with E-state index < -0.39 is 0 Å². The topological polar surface area (TPSA) is 58.6 Å². The van der Waals surface area contributed by atoms with Gasteiger partial charge in [-0.25, -0.2) is 0 Å². The third-order valence-corrected chi connectivity index (χ3v) is 6.53. The highest BCUT2D eigenvalue weighted by molar-refractivity contribution is 8.76. The summed E-state index contributed by atoms with van der Waals surface area (Å²) in [5.41, 5.74) is -0.0165. The molecule has 262 valence electrons. The molecular formula is C36H65NO6S2. The van der Waals surface area contributed by atoms with E-state index in [1.165, 1.54) is 0 Å². The summed E-state index contributed by atoms with van der Waals surface area (Å²) in [4.78, 5) is 2.06. The summed E-state index contributed by atoms with van der Waals surface area (Å²) in [6.07, 6.45) is 23.2. The molecule has 0 aromatic carbocycles. The minimum atomic E-state index is -0.0165. The number of hydrogen-bond acceptors (Lipinski definition) is 9. The molecule has 0 radical (unpaired) electrons. The molecule has 0 heterocycles. The number of hydrogen-bond donors (Lipinski definition) is 0. The van der Waals surface area contributed by atoms with Crippen LogP contribution in [0.1, 0.15) is 75.2 Å². The molecule has 0 fully saturated rings. The van der Waals surface area contributed by atoms with E-state index in [0.29, 0.717) is 45.2 Å². The molecule has 0 N–H and O–H groups in total. The highest BCUT2D eigenvalue weighted by Crippen LogP contribution is 2.20. The van der Waals surface area contributed by atoms with Crippen molar-refractivity contribution in [3.8, 4) is 49.4 Å². The molecule has 9 heteroatoms. The van der Waals surface area contributed by atoms with Gasteiger partial charge in [-0.05, 0) is 82.2 Å². The second kappa shape index (κ2) is 40.7. The van der Waals surface area contributed by atoms with Gasteiger partial charge in [0, 0.05) is 25.5 Å². The smallest absolute Gasteiger partial charge is 0.107 e. The molecule has 0 saturated carbocycles. The molecule has 0 amide bonds. The van der Waals surface area contributed by atoms with Crippen LogP contribution in [0, 0.1) is 49.4 Å². The summed E-state index contributed by atoms with van der Waals surface area (Å²) in [6, 6.07) is 0. The molecule has 0 aliphatic carbocycles. The van der Waals surface area contributed by atoms with Gasteiger partial charge in [-0.3, -0.25) is 4.90 Å². The first-order valence-electron chi connectivity index (χ1n) is 15.6. The lowest BCUT2D eigenvalue weighted by Crippen LogP contribution is -2.24. The maximum absolute atomic E-state index is 5.52. The second-order valence-electron chi connectivity index (χ2n) is 11.2. The van der Waals surface area contributed by atoms with Crippen molar-refractivity contribution in [1.82, 2.24) is 4.90 Å². The van der Waals surface area contributed by atoms with Crippen LogP contribution in [-0.4, -0.2) is 113 Å². The summed E-state index contributed by atoms with van der Waals surface area (Å²) < 4.78 is 31.5. The molecule has 45 heavy (non-hydrogen) atoms. The Balaban J connectivity index is -0.000000250. The molecule has 0 atom stereocenters. The zero-order valence-corrected chi connectivity index (χ0v) is 31.8. The molecule has 0 aliphatic rings. The van der Waals surface area contributed by atoms with Gasteiger partial charge in [0.25, 0.3) is 0 Å². The third-order valence-electron chi connectivity index (χ3n) is 4.40. The normalized spacial score (nSPS) is 10.4. The molecular weight excluding hydrogens is 607 g/mol. The largest absolute Gasteiger partial charge is 0.379 e. The van der Waals surface area contributed by atoms with Crippen molar-refractivity contribution in [2.45, 2.75) is 99.1 Å². The van der Waals surface area contributed by atoms with Gasteiger partial charge < -0.3 is 28.4 Å². The molecule has 0 aromatic rings. The van der Waals surface area contributed by atoms with Crippen LogP contribution < -0.4 is 0 Å². The van der Waals surface area contributed by atoms with E-state index in [-0.39, 0.29) is 11.7 Å². The summed E-state index contributed by atoms with van der Waals surface area (Å²) in [5.74, 6) is 11.7. The monoisotopic (exact) mass is 671 g/mol. The maximum Gasteiger partial charge on any atom is 0.107 e. The SMILES string of the molecule is C#CCN(C)CCOC(C)C.C#CCOCCCCOC(C)C.C#CCOCCOC(C)C.C#CCSSCCOC(C)(C)C. The number of terminal acetylenes is 4. The van der Waals surface area contributed by atoms with Gasteiger partial charge in [0.1, 0.15) is 13.2 Å². The first-order chi connectivity index (χ1) is 21.3. The highest BCUT2D eigenvalue weighted by atomic mass is 33.1. The molecule has 7 nitrogen and oxygen atoms in total. The van der Waals surface area contributed by atoms with E-state index in [0.717, 1.165) is 57.3 Å². The van der Waals surface area contributed by atoms with Crippen molar-refractivity contribution in [3.63, 3.8) is 0 Å². The first kappa shape index (κ1) is 50.5. The number of likely N-dealkylation sites (N-methyl/N-ethyl adjacent to an activating group) is 1. The summed E-state index contributed by atoms with van der Waals surface area (Å²) in [5, 5.41) is 0. The Morgan fingerprint density at radius 2 is 1.13 bits per heavy atom. The van der Waals surface area contributed by atoms with Crippen LogP contribution in [0.25, 0.3) is 0 Å². The van der Waals surface area contributed by atoms with Gasteiger partial charge in [0.15, 0.2) is 0 Å². The zero-order chi connectivity index (χ0) is 35.2. The van der Waals surface area contributed by atoms with Crippen LogP contribution in [-0.2, 0) is 28.4 Å². The van der Waals surface area contributed by atoms with E-state index in [4.69, 9.17) is 54.1 Å². The minimum Gasteiger partial charge on any atom is -0.379 e. The Bertz CT molecular complexity index is 758. The number of rotatable bonds is 22. The fraction of sp³-hybridized carbons (Fsp3) is 0.778. The van der Waals surface area contributed by atoms with E-state index in [1.54, 1.807) is 21.6 Å². The first-order valence-corrected chi connectivity index (χ1v) is 18.1. The molecule has 0 rings (SSSR count). The molecule has 0 spiro atoms. The van der Waals surface area contributed by atoms with Gasteiger partial charge in [-0.1, -0.05) is 45.3 Å². The van der Waals surface area contributed by atoms with Gasteiger partial charge in [0.2, 0.25) is 0 Å². The van der Waals surface area contributed by atoms with E-state index in [2.05, 4.69) is 49.4 Å². The quantitative estimate of drug-likeness (QED) is 0.0712.